The SMILES string of the molecule is CSc1ccc(Cl)c(C(=O)N2CCN(C3CNC3)CC2)c1. The van der Waals surface area contributed by atoms with Crippen molar-refractivity contribution in [3.63, 3.8) is 0 Å². The number of hydrogen-bond acceptors (Lipinski definition) is 4. The lowest BCUT2D eigenvalue weighted by Gasteiger charge is -2.43. The van der Waals surface area contributed by atoms with Crippen LogP contribution in [-0.2, 0) is 0 Å². The van der Waals surface area contributed by atoms with Crippen molar-refractivity contribution in [2.75, 3.05) is 45.5 Å². The van der Waals surface area contributed by atoms with Gasteiger partial charge in [0, 0.05) is 50.2 Å². The van der Waals surface area contributed by atoms with Gasteiger partial charge in [0.05, 0.1) is 10.6 Å². The van der Waals surface area contributed by atoms with E-state index in [1.54, 1.807) is 11.8 Å². The highest BCUT2D eigenvalue weighted by molar-refractivity contribution is 7.98. The van der Waals surface area contributed by atoms with E-state index in [9.17, 15) is 4.79 Å². The summed E-state index contributed by atoms with van der Waals surface area (Å²) in [6, 6.07) is 6.32. The van der Waals surface area contributed by atoms with E-state index in [1.165, 1.54) is 0 Å². The first-order valence-electron chi connectivity index (χ1n) is 7.26. The van der Waals surface area contributed by atoms with Gasteiger partial charge < -0.3 is 10.2 Å². The second-order valence-corrected chi connectivity index (χ2v) is 6.77. The molecule has 4 nitrogen and oxygen atoms in total. The van der Waals surface area contributed by atoms with E-state index in [1.807, 2.05) is 29.4 Å². The minimum Gasteiger partial charge on any atom is -0.336 e. The first kappa shape index (κ1) is 15.2. The molecular weight excluding hydrogens is 306 g/mol. The molecule has 2 heterocycles. The summed E-state index contributed by atoms with van der Waals surface area (Å²) < 4.78 is 0. The average Bonchev–Trinajstić information content (AvgIpc) is 2.46. The van der Waals surface area contributed by atoms with Gasteiger partial charge in [-0.05, 0) is 24.5 Å². The van der Waals surface area contributed by atoms with Crippen molar-refractivity contribution in [2.45, 2.75) is 10.9 Å². The molecule has 1 aromatic rings. The number of benzene rings is 1. The van der Waals surface area contributed by atoms with Crippen LogP contribution in [0.1, 0.15) is 10.4 Å². The predicted octanol–water partition coefficient (Wildman–Crippen LogP) is 1.79. The molecular formula is C15H20ClN3OS. The van der Waals surface area contributed by atoms with E-state index in [0.717, 1.165) is 44.2 Å². The molecule has 2 fully saturated rings. The number of nitrogens with zero attached hydrogens (tertiary/aromatic N) is 2. The third kappa shape index (κ3) is 3.21. The highest BCUT2D eigenvalue weighted by atomic mass is 35.5. The van der Waals surface area contributed by atoms with E-state index < -0.39 is 0 Å². The molecule has 0 spiro atoms. The molecule has 0 radical (unpaired) electrons. The van der Waals surface area contributed by atoms with E-state index in [-0.39, 0.29) is 5.91 Å². The summed E-state index contributed by atoms with van der Waals surface area (Å²) >= 11 is 7.83. The van der Waals surface area contributed by atoms with Crippen LogP contribution in [0.2, 0.25) is 5.02 Å². The zero-order valence-electron chi connectivity index (χ0n) is 12.1. The van der Waals surface area contributed by atoms with Crippen molar-refractivity contribution in [1.29, 1.82) is 0 Å². The maximum atomic E-state index is 12.7. The van der Waals surface area contributed by atoms with E-state index in [2.05, 4.69) is 10.2 Å². The highest BCUT2D eigenvalue weighted by Gasteiger charge is 2.30. The molecule has 1 N–H and O–H groups in total. The molecule has 2 aliphatic heterocycles. The largest absolute Gasteiger partial charge is 0.336 e. The maximum Gasteiger partial charge on any atom is 0.255 e. The summed E-state index contributed by atoms with van der Waals surface area (Å²) in [6.45, 7) is 5.64. The van der Waals surface area contributed by atoms with Gasteiger partial charge in [-0.2, -0.15) is 0 Å². The Bertz CT molecular complexity index is 528. The number of halogens is 1. The van der Waals surface area contributed by atoms with Gasteiger partial charge in [-0.15, -0.1) is 11.8 Å². The van der Waals surface area contributed by atoms with Gasteiger partial charge in [0.1, 0.15) is 0 Å². The first-order chi connectivity index (χ1) is 10.2. The van der Waals surface area contributed by atoms with Crippen LogP contribution in [0.3, 0.4) is 0 Å². The Balaban J connectivity index is 1.66. The van der Waals surface area contributed by atoms with Crippen LogP contribution in [0.25, 0.3) is 0 Å². The summed E-state index contributed by atoms with van der Waals surface area (Å²) in [5.74, 6) is 0.0577. The second kappa shape index (κ2) is 6.57. The molecule has 21 heavy (non-hydrogen) atoms. The Hall–Kier alpha value is -0.750. The average molecular weight is 326 g/mol. The van der Waals surface area contributed by atoms with Crippen LogP contribution < -0.4 is 5.32 Å². The zero-order valence-corrected chi connectivity index (χ0v) is 13.7. The van der Waals surface area contributed by atoms with Gasteiger partial charge in [-0.25, -0.2) is 0 Å². The van der Waals surface area contributed by atoms with Crippen LogP contribution in [0.5, 0.6) is 0 Å². The monoisotopic (exact) mass is 325 g/mol. The first-order valence-corrected chi connectivity index (χ1v) is 8.87. The fourth-order valence-electron chi connectivity index (χ4n) is 2.79. The summed E-state index contributed by atoms with van der Waals surface area (Å²) in [7, 11) is 0. The lowest BCUT2D eigenvalue weighted by atomic mass is 10.1. The van der Waals surface area contributed by atoms with Crippen LogP contribution in [0.4, 0.5) is 0 Å². The van der Waals surface area contributed by atoms with Crippen molar-refractivity contribution in [1.82, 2.24) is 15.1 Å². The third-order valence-electron chi connectivity index (χ3n) is 4.28. The number of nitrogens with one attached hydrogen (secondary N) is 1. The normalized spacial score (nSPS) is 20.4. The zero-order chi connectivity index (χ0) is 14.8. The molecule has 0 aliphatic carbocycles. The molecule has 0 aromatic heterocycles. The maximum absolute atomic E-state index is 12.7. The number of carbonyl (C=O) groups is 1. The lowest BCUT2D eigenvalue weighted by molar-refractivity contribution is 0.0502. The Morgan fingerprint density at radius 3 is 2.57 bits per heavy atom. The Morgan fingerprint density at radius 1 is 1.29 bits per heavy atom. The second-order valence-electron chi connectivity index (χ2n) is 5.49. The molecule has 114 valence electrons. The van der Waals surface area contributed by atoms with Crippen LogP contribution >= 0.6 is 23.4 Å². The molecule has 1 amide bonds. The summed E-state index contributed by atoms with van der Waals surface area (Å²) in [4.78, 5) is 18.1. The van der Waals surface area contributed by atoms with Crippen molar-refractivity contribution in [3.05, 3.63) is 28.8 Å². The number of carbonyl (C=O) groups excluding carboxylic acids is 1. The van der Waals surface area contributed by atoms with Crippen molar-refractivity contribution >= 4 is 29.3 Å². The minimum atomic E-state index is 0.0577. The van der Waals surface area contributed by atoms with E-state index in [0.29, 0.717) is 16.6 Å². The summed E-state index contributed by atoms with van der Waals surface area (Å²) in [5.41, 5.74) is 0.627. The van der Waals surface area contributed by atoms with Crippen LogP contribution in [0, 0.1) is 0 Å². The predicted molar refractivity (Wildman–Crippen MR) is 87.4 cm³/mol. The van der Waals surface area contributed by atoms with Crippen molar-refractivity contribution < 1.29 is 4.79 Å². The minimum absolute atomic E-state index is 0.0577. The van der Waals surface area contributed by atoms with Gasteiger partial charge in [0.15, 0.2) is 0 Å². The van der Waals surface area contributed by atoms with E-state index in [4.69, 9.17) is 11.6 Å². The van der Waals surface area contributed by atoms with Crippen LogP contribution in [0.15, 0.2) is 23.1 Å². The molecule has 6 heteroatoms. The fraction of sp³-hybridized carbons (Fsp3) is 0.533. The Labute approximate surface area is 134 Å². The number of rotatable bonds is 3. The van der Waals surface area contributed by atoms with Gasteiger partial charge in [-0.3, -0.25) is 9.69 Å². The summed E-state index contributed by atoms with van der Waals surface area (Å²) in [5, 5.41) is 3.84. The molecule has 2 aliphatic rings. The third-order valence-corrected chi connectivity index (χ3v) is 5.34. The number of hydrogen-bond donors (Lipinski definition) is 1. The molecule has 0 saturated carbocycles. The standard InChI is InChI=1S/C15H20ClN3OS/c1-21-12-2-3-14(16)13(8-12)15(20)19-6-4-18(5-7-19)11-9-17-10-11/h2-3,8,11,17H,4-7,9-10H2,1H3. The Kier molecular flexibility index (Phi) is 4.74. The number of amides is 1. The van der Waals surface area contributed by atoms with Gasteiger partial charge in [0.2, 0.25) is 0 Å². The molecule has 0 unspecified atom stereocenters. The topological polar surface area (TPSA) is 35.6 Å². The van der Waals surface area contributed by atoms with Crippen molar-refractivity contribution in [2.24, 2.45) is 0 Å². The molecule has 1 aromatic carbocycles. The van der Waals surface area contributed by atoms with E-state index >= 15 is 0 Å². The van der Waals surface area contributed by atoms with Crippen LogP contribution in [-0.4, -0.2) is 67.3 Å². The number of piperazine rings is 1. The fourth-order valence-corrected chi connectivity index (χ4v) is 3.43. The van der Waals surface area contributed by atoms with Gasteiger partial charge in [-0.1, -0.05) is 11.6 Å². The molecule has 0 bridgehead atoms. The number of thioether (sulfide) groups is 1. The quantitative estimate of drug-likeness (QED) is 0.860. The van der Waals surface area contributed by atoms with Gasteiger partial charge >= 0.3 is 0 Å². The summed E-state index contributed by atoms with van der Waals surface area (Å²) in [6.07, 6.45) is 2.00. The van der Waals surface area contributed by atoms with Crippen molar-refractivity contribution in [3.8, 4) is 0 Å². The Morgan fingerprint density at radius 2 is 2.00 bits per heavy atom. The lowest BCUT2D eigenvalue weighted by Crippen LogP contribution is -2.62. The highest BCUT2D eigenvalue weighted by Crippen LogP contribution is 2.24. The molecule has 0 atom stereocenters. The smallest absolute Gasteiger partial charge is 0.255 e. The molecule has 2 saturated heterocycles. The molecule has 3 rings (SSSR count). The van der Waals surface area contributed by atoms with Gasteiger partial charge in [0.25, 0.3) is 5.91 Å².